The average Bonchev–Trinajstić information content (AvgIpc) is 2.49. The highest BCUT2D eigenvalue weighted by Crippen LogP contribution is 2.27. The van der Waals surface area contributed by atoms with E-state index in [0.717, 1.165) is 32.6 Å². The van der Waals surface area contributed by atoms with Gasteiger partial charge in [0.15, 0.2) is 0 Å². The molecule has 0 radical (unpaired) electrons. The smallest absolute Gasteiger partial charge is 0.144 e. The molecule has 1 aromatic carbocycles. The third-order valence-corrected chi connectivity index (χ3v) is 4.57. The topological polar surface area (TPSA) is 54.5 Å². The van der Waals surface area contributed by atoms with Crippen molar-refractivity contribution in [2.45, 2.75) is 19.8 Å². The van der Waals surface area contributed by atoms with E-state index in [0.29, 0.717) is 10.6 Å². The molecule has 4 nitrogen and oxygen atoms in total. The molecule has 3 rings (SSSR count). The minimum atomic E-state index is 0.322. The van der Waals surface area contributed by atoms with Crippen molar-refractivity contribution in [3.63, 3.8) is 0 Å². The van der Waals surface area contributed by atoms with Crippen LogP contribution in [0.2, 0.25) is 0 Å². The van der Waals surface area contributed by atoms with Gasteiger partial charge in [-0.2, -0.15) is 0 Å². The lowest BCUT2D eigenvalue weighted by Crippen LogP contribution is -2.00. The van der Waals surface area contributed by atoms with Gasteiger partial charge in [-0.15, -0.1) is 0 Å². The number of hydrogen-bond donors (Lipinski definition) is 1. The summed E-state index contributed by atoms with van der Waals surface area (Å²) in [5.74, 6) is 1.07. The minimum Gasteiger partial charge on any atom is -0.342 e. The van der Waals surface area contributed by atoms with Gasteiger partial charge in [0.1, 0.15) is 10.5 Å². The van der Waals surface area contributed by atoms with Crippen molar-refractivity contribution in [3.05, 3.63) is 45.4 Å². The van der Waals surface area contributed by atoms with E-state index in [-0.39, 0.29) is 0 Å². The van der Waals surface area contributed by atoms with E-state index in [1.165, 1.54) is 0 Å². The Morgan fingerprint density at radius 1 is 1.14 bits per heavy atom. The van der Waals surface area contributed by atoms with Gasteiger partial charge in [0, 0.05) is 23.7 Å². The summed E-state index contributed by atoms with van der Waals surface area (Å²) in [5.41, 5.74) is 3.69. The molecule has 2 aromatic heterocycles. The molecular formula is C15H13BrN4S. The number of aromatic nitrogens is 4. The summed E-state index contributed by atoms with van der Waals surface area (Å²) in [6.07, 6.45) is 3.37. The highest BCUT2D eigenvalue weighted by atomic mass is 79.9. The Labute approximate surface area is 135 Å². The molecule has 0 spiro atoms. The van der Waals surface area contributed by atoms with Crippen molar-refractivity contribution < 1.29 is 0 Å². The molecule has 0 aliphatic rings. The van der Waals surface area contributed by atoms with Crippen LogP contribution in [-0.2, 0) is 0 Å². The van der Waals surface area contributed by atoms with E-state index in [9.17, 15) is 0 Å². The Morgan fingerprint density at radius 2 is 1.86 bits per heavy atom. The predicted molar refractivity (Wildman–Crippen MR) is 89.7 cm³/mol. The Hall–Kier alpha value is -1.66. The second kappa shape index (κ2) is 5.61. The Balaban J connectivity index is 2.20. The Morgan fingerprint density at radius 3 is 2.57 bits per heavy atom. The molecule has 3 aromatic rings. The highest BCUT2D eigenvalue weighted by molar-refractivity contribution is 9.10. The van der Waals surface area contributed by atoms with Crippen molar-refractivity contribution >= 4 is 39.2 Å². The lowest BCUT2D eigenvalue weighted by Gasteiger charge is -2.11. The lowest BCUT2D eigenvalue weighted by molar-refractivity contribution is 0.807. The summed E-state index contributed by atoms with van der Waals surface area (Å²) < 4.78 is 1.42. The standard InChI is InChI=1S/C15H13BrN4S/c1-8(2)13-12(16)15(21)20-14(19-13)9-3-4-10-11(7-9)18-6-5-17-10/h3-8H,1-2H3,(H,19,20,21). The van der Waals surface area contributed by atoms with Gasteiger partial charge >= 0.3 is 0 Å². The van der Waals surface area contributed by atoms with Gasteiger partial charge in [0.25, 0.3) is 0 Å². The van der Waals surface area contributed by atoms with E-state index in [2.05, 4.69) is 49.7 Å². The fraction of sp³-hybridized carbons (Fsp3) is 0.200. The van der Waals surface area contributed by atoms with Crippen LogP contribution in [0.1, 0.15) is 25.5 Å². The molecule has 0 atom stereocenters. The summed E-state index contributed by atoms with van der Waals surface area (Å²) in [6, 6.07) is 5.88. The van der Waals surface area contributed by atoms with Crippen LogP contribution in [-0.4, -0.2) is 19.9 Å². The van der Waals surface area contributed by atoms with E-state index < -0.39 is 0 Å². The number of hydrogen-bond acceptors (Lipinski definition) is 4. The van der Waals surface area contributed by atoms with Crippen LogP contribution in [0.5, 0.6) is 0 Å². The zero-order chi connectivity index (χ0) is 15.0. The number of fused-ring (bicyclic) bond motifs is 1. The van der Waals surface area contributed by atoms with Gasteiger partial charge in [-0.3, -0.25) is 9.97 Å². The van der Waals surface area contributed by atoms with Gasteiger partial charge in [-0.05, 0) is 40.0 Å². The molecule has 21 heavy (non-hydrogen) atoms. The van der Waals surface area contributed by atoms with Gasteiger partial charge in [-0.1, -0.05) is 26.1 Å². The van der Waals surface area contributed by atoms with Crippen molar-refractivity contribution in [3.8, 4) is 11.4 Å². The number of rotatable bonds is 2. The monoisotopic (exact) mass is 360 g/mol. The van der Waals surface area contributed by atoms with Crippen LogP contribution in [0.3, 0.4) is 0 Å². The maximum atomic E-state index is 5.34. The zero-order valence-electron chi connectivity index (χ0n) is 11.6. The number of benzene rings is 1. The van der Waals surface area contributed by atoms with Gasteiger partial charge in [-0.25, -0.2) is 4.98 Å². The van der Waals surface area contributed by atoms with E-state index >= 15 is 0 Å². The second-order valence-corrected chi connectivity index (χ2v) is 6.21. The van der Waals surface area contributed by atoms with Gasteiger partial charge < -0.3 is 4.98 Å². The molecule has 0 saturated heterocycles. The first kappa shape index (κ1) is 14.3. The molecule has 1 N–H and O–H groups in total. The van der Waals surface area contributed by atoms with Crippen LogP contribution in [0.15, 0.2) is 35.1 Å². The van der Waals surface area contributed by atoms with Crippen LogP contribution in [0, 0.1) is 4.64 Å². The van der Waals surface area contributed by atoms with Gasteiger partial charge in [0.05, 0.1) is 15.5 Å². The normalized spacial score (nSPS) is 11.2. The van der Waals surface area contributed by atoms with E-state index in [4.69, 9.17) is 12.2 Å². The molecule has 0 amide bonds. The molecule has 0 saturated carbocycles. The molecule has 0 aliphatic heterocycles. The Bertz CT molecular complexity index is 873. The fourth-order valence-electron chi connectivity index (χ4n) is 2.12. The van der Waals surface area contributed by atoms with Crippen LogP contribution >= 0.6 is 28.1 Å². The molecular weight excluding hydrogens is 348 g/mol. The SMILES string of the molecule is CC(C)c1[nH]c(-c2ccc3nccnc3c2)nc(=S)c1Br. The zero-order valence-corrected chi connectivity index (χ0v) is 14.0. The summed E-state index contributed by atoms with van der Waals surface area (Å²) in [6.45, 7) is 4.22. The van der Waals surface area contributed by atoms with E-state index in [1.54, 1.807) is 12.4 Å². The summed E-state index contributed by atoms with van der Waals surface area (Å²) in [4.78, 5) is 16.4. The van der Waals surface area contributed by atoms with E-state index in [1.807, 2.05) is 18.2 Å². The maximum absolute atomic E-state index is 5.34. The lowest BCUT2D eigenvalue weighted by atomic mass is 10.1. The predicted octanol–water partition coefficient (Wildman–Crippen LogP) is 4.64. The largest absolute Gasteiger partial charge is 0.342 e. The highest BCUT2D eigenvalue weighted by Gasteiger charge is 2.11. The van der Waals surface area contributed by atoms with Crippen molar-refractivity contribution in [2.75, 3.05) is 0 Å². The molecule has 0 bridgehead atoms. The maximum Gasteiger partial charge on any atom is 0.144 e. The third kappa shape index (κ3) is 2.73. The molecule has 106 valence electrons. The first-order valence-corrected chi connectivity index (χ1v) is 7.77. The minimum absolute atomic E-state index is 0.322. The summed E-state index contributed by atoms with van der Waals surface area (Å²) in [7, 11) is 0. The Kier molecular flexibility index (Phi) is 3.82. The molecule has 0 unspecified atom stereocenters. The molecule has 2 heterocycles. The van der Waals surface area contributed by atoms with Crippen molar-refractivity contribution in [2.24, 2.45) is 0 Å². The number of nitrogens with one attached hydrogen (secondary N) is 1. The summed E-state index contributed by atoms with van der Waals surface area (Å²) >= 11 is 8.84. The number of halogens is 1. The molecule has 0 aliphatic carbocycles. The number of aromatic amines is 1. The summed E-state index contributed by atoms with van der Waals surface area (Å²) in [5, 5.41) is 0. The van der Waals surface area contributed by atoms with Gasteiger partial charge in [0.2, 0.25) is 0 Å². The first-order valence-electron chi connectivity index (χ1n) is 6.57. The second-order valence-electron chi connectivity index (χ2n) is 5.03. The number of nitrogens with zero attached hydrogens (tertiary/aromatic N) is 3. The first-order chi connectivity index (χ1) is 10.1. The average molecular weight is 361 g/mol. The van der Waals surface area contributed by atoms with Crippen LogP contribution < -0.4 is 0 Å². The van der Waals surface area contributed by atoms with Crippen LogP contribution in [0.4, 0.5) is 0 Å². The molecule has 0 fully saturated rings. The fourth-order valence-corrected chi connectivity index (χ4v) is 2.97. The number of H-pyrrole nitrogens is 1. The van der Waals surface area contributed by atoms with Crippen molar-refractivity contribution in [1.29, 1.82) is 0 Å². The third-order valence-electron chi connectivity index (χ3n) is 3.21. The van der Waals surface area contributed by atoms with Crippen LogP contribution in [0.25, 0.3) is 22.4 Å². The van der Waals surface area contributed by atoms with Crippen molar-refractivity contribution in [1.82, 2.24) is 19.9 Å². The quantitative estimate of drug-likeness (QED) is 0.676. The molecule has 6 heteroatoms.